The molecule has 0 unspecified atom stereocenters. The van der Waals surface area contributed by atoms with Crippen molar-refractivity contribution in [2.75, 3.05) is 6.54 Å². The minimum absolute atomic E-state index is 0.0317. The van der Waals surface area contributed by atoms with E-state index in [2.05, 4.69) is 15.0 Å². The second-order valence-corrected chi connectivity index (χ2v) is 6.81. The van der Waals surface area contributed by atoms with Crippen molar-refractivity contribution < 1.29 is 9.59 Å². The summed E-state index contributed by atoms with van der Waals surface area (Å²) in [4.78, 5) is 51.5. The Morgan fingerprint density at radius 1 is 1.35 bits per heavy atom. The molecule has 1 atom stereocenters. The van der Waals surface area contributed by atoms with Crippen molar-refractivity contribution in [3.05, 3.63) is 57.5 Å². The summed E-state index contributed by atoms with van der Waals surface area (Å²) < 4.78 is 0. The first kappa shape index (κ1) is 16.4. The van der Waals surface area contributed by atoms with E-state index in [1.807, 2.05) is 12.1 Å². The minimum atomic E-state index is -0.381. The lowest BCUT2D eigenvalue weighted by Gasteiger charge is -2.20. The summed E-state index contributed by atoms with van der Waals surface area (Å²) in [7, 11) is 0. The maximum absolute atomic E-state index is 12.9. The molecule has 26 heavy (non-hydrogen) atoms. The van der Waals surface area contributed by atoms with Crippen LogP contribution in [0.3, 0.4) is 0 Å². The van der Waals surface area contributed by atoms with Gasteiger partial charge in [0.2, 0.25) is 11.8 Å². The molecule has 2 amide bonds. The first-order valence-corrected chi connectivity index (χ1v) is 8.55. The summed E-state index contributed by atoms with van der Waals surface area (Å²) in [6, 6.07) is 3.74. The molecular weight excluding hydrogens is 334 g/mol. The molecule has 0 spiro atoms. The molecule has 1 fully saturated rings. The normalized spacial score (nSPS) is 19.1. The number of pyridine rings is 1. The van der Waals surface area contributed by atoms with Crippen LogP contribution in [0.15, 0.2) is 29.3 Å². The van der Waals surface area contributed by atoms with Gasteiger partial charge in [0.05, 0.1) is 30.3 Å². The van der Waals surface area contributed by atoms with E-state index in [1.54, 1.807) is 29.1 Å². The molecular formula is C18H19N5O3. The van der Waals surface area contributed by atoms with Crippen molar-refractivity contribution in [1.29, 1.82) is 0 Å². The number of likely N-dealkylation sites (tertiary alicyclic amines) is 1. The number of hydrogen-bond donors (Lipinski definition) is 1. The lowest BCUT2D eigenvalue weighted by molar-refractivity contribution is -0.136. The average molecular weight is 353 g/mol. The molecule has 0 aromatic carbocycles. The van der Waals surface area contributed by atoms with Gasteiger partial charge in [0.1, 0.15) is 5.82 Å². The number of aromatic nitrogens is 3. The third kappa shape index (κ3) is 2.98. The molecule has 2 aromatic rings. The van der Waals surface area contributed by atoms with Crippen molar-refractivity contribution in [1.82, 2.24) is 24.8 Å². The van der Waals surface area contributed by atoms with Crippen LogP contribution in [-0.2, 0) is 29.2 Å². The van der Waals surface area contributed by atoms with Crippen LogP contribution in [0.25, 0.3) is 0 Å². The van der Waals surface area contributed by atoms with E-state index in [0.717, 1.165) is 5.56 Å². The molecule has 134 valence electrons. The van der Waals surface area contributed by atoms with Gasteiger partial charge in [-0.1, -0.05) is 6.07 Å². The molecule has 4 rings (SSSR count). The Labute approximate surface area is 149 Å². The van der Waals surface area contributed by atoms with Crippen molar-refractivity contribution in [2.45, 2.75) is 33.0 Å². The second-order valence-electron chi connectivity index (χ2n) is 6.81. The predicted molar refractivity (Wildman–Crippen MR) is 91.6 cm³/mol. The van der Waals surface area contributed by atoms with E-state index in [9.17, 15) is 14.4 Å². The van der Waals surface area contributed by atoms with Crippen LogP contribution in [0, 0.1) is 12.8 Å². The second kappa shape index (κ2) is 6.36. The molecule has 2 aromatic heterocycles. The minimum Gasteiger partial charge on any atom is -0.337 e. The van der Waals surface area contributed by atoms with Crippen molar-refractivity contribution in [3.63, 3.8) is 0 Å². The number of carbonyl (C=O) groups is 2. The molecule has 8 heteroatoms. The average Bonchev–Trinajstić information content (AvgIpc) is 3.19. The van der Waals surface area contributed by atoms with Gasteiger partial charge in [0, 0.05) is 31.9 Å². The molecule has 0 aliphatic carbocycles. The Morgan fingerprint density at radius 3 is 2.96 bits per heavy atom. The third-order valence-corrected chi connectivity index (χ3v) is 4.88. The maximum atomic E-state index is 12.9. The van der Waals surface area contributed by atoms with Crippen molar-refractivity contribution in [3.8, 4) is 0 Å². The van der Waals surface area contributed by atoms with E-state index in [0.29, 0.717) is 36.7 Å². The lowest BCUT2D eigenvalue weighted by Crippen LogP contribution is -2.34. The summed E-state index contributed by atoms with van der Waals surface area (Å²) in [5, 5.41) is 0. The van der Waals surface area contributed by atoms with E-state index < -0.39 is 0 Å². The van der Waals surface area contributed by atoms with Gasteiger partial charge in [-0.05, 0) is 18.6 Å². The van der Waals surface area contributed by atoms with Gasteiger partial charge in [-0.2, -0.15) is 0 Å². The van der Waals surface area contributed by atoms with Gasteiger partial charge in [0.15, 0.2) is 0 Å². The van der Waals surface area contributed by atoms with Crippen LogP contribution >= 0.6 is 0 Å². The van der Waals surface area contributed by atoms with E-state index in [1.165, 1.54) is 0 Å². The van der Waals surface area contributed by atoms with Crippen LogP contribution in [0.4, 0.5) is 0 Å². The number of aromatic amines is 1. The molecule has 0 radical (unpaired) electrons. The van der Waals surface area contributed by atoms with E-state index in [4.69, 9.17) is 0 Å². The van der Waals surface area contributed by atoms with Crippen LogP contribution < -0.4 is 5.56 Å². The van der Waals surface area contributed by atoms with Crippen LogP contribution in [0.1, 0.15) is 29.1 Å². The van der Waals surface area contributed by atoms with Gasteiger partial charge < -0.3 is 14.8 Å². The number of amides is 2. The number of carbonyl (C=O) groups excluding carboxylic acids is 2. The molecule has 1 N–H and O–H groups in total. The van der Waals surface area contributed by atoms with Crippen LogP contribution in [0.2, 0.25) is 0 Å². The number of nitrogens with one attached hydrogen (secondary N) is 1. The Balaban J connectivity index is 1.44. The fourth-order valence-corrected chi connectivity index (χ4v) is 3.61. The number of aryl methyl sites for hydroxylation is 1. The number of hydrogen-bond acceptors (Lipinski definition) is 5. The highest BCUT2D eigenvalue weighted by Crippen LogP contribution is 2.26. The van der Waals surface area contributed by atoms with Crippen LogP contribution in [-0.4, -0.2) is 43.1 Å². The smallest absolute Gasteiger partial charge is 0.256 e. The highest BCUT2D eigenvalue weighted by Gasteiger charge is 2.38. The largest absolute Gasteiger partial charge is 0.337 e. The Morgan fingerprint density at radius 2 is 2.19 bits per heavy atom. The van der Waals surface area contributed by atoms with Crippen molar-refractivity contribution in [2.24, 2.45) is 5.92 Å². The zero-order chi connectivity index (χ0) is 18.3. The summed E-state index contributed by atoms with van der Waals surface area (Å²) in [6.07, 6.45) is 3.61. The monoisotopic (exact) mass is 353 g/mol. The zero-order valence-electron chi connectivity index (χ0n) is 14.4. The number of nitrogens with zero attached hydrogens (tertiary/aromatic N) is 4. The van der Waals surface area contributed by atoms with Gasteiger partial charge in [-0.3, -0.25) is 19.4 Å². The topological polar surface area (TPSA) is 99.3 Å². The number of H-pyrrole nitrogens is 1. The third-order valence-electron chi connectivity index (χ3n) is 4.88. The van der Waals surface area contributed by atoms with E-state index >= 15 is 0 Å². The molecule has 8 nitrogen and oxygen atoms in total. The lowest BCUT2D eigenvalue weighted by atomic mass is 10.1. The number of fused-ring (bicyclic) bond motifs is 1. The highest BCUT2D eigenvalue weighted by atomic mass is 16.2. The molecule has 2 aliphatic heterocycles. The molecule has 0 bridgehead atoms. The van der Waals surface area contributed by atoms with Gasteiger partial charge in [-0.15, -0.1) is 0 Å². The maximum Gasteiger partial charge on any atom is 0.256 e. The van der Waals surface area contributed by atoms with Gasteiger partial charge in [-0.25, -0.2) is 4.98 Å². The number of rotatable bonds is 3. The standard InChI is InChI=1S/C18H19N5O3/c1-11-20-15-10-23(9-14(15)17(25)21-11)18(26)13-5-16(24)22(8-13)7-12-3-2-4-19-6-12/h2-4,6,13H,5,7-10H2,1H3,(H,20,21,25)/t13-/m1/s1. The Kier molecular flexibility index (Phi) is 4.02. The fraction of sp³-hybridized carbons (Fsp3) is 0.389. The Hall–Kier alpha value is -3.03. The highest BCUT2D eigenvalue weighted by molar-refractivity contribution is 5.89. The first-order valence-electron chi connectivity index (χ1n) is 8.55. The predicted octanol–water partition coefficient (Wildman–Crippen LogP) is 0.364. The fourth-order valence-electron chi connectivity index (χ4n) is 3.61. The summed E-state index contributed by atoms with van der Waals surface area (Å²) in [5.41, 5.74) is 1.94. The summed E-state index contributed by atoms with van der Waals surface area (Å²) in [5.74, 6) is 0.0354. The summed E-state index contributed by atoms with van der Waals surface area (Å²) in [6.45, 7) is 3.15. The SMILES string of the molecule is Cc1nc2c(c(=O)[nH]1)CN(C(=O)[C@@H]1CC(=O)N(Cc3cccnc3)C1)C2. The van der Waals surface area contributed by atoms with Crippen molar-refractivity contribution >= 4 is 11.8 Å². The molecule has 4 heterocycles. The summed E-state index contributed by atoms with van der Waals surface area (Å²) >= 11 is 0. The Bertz CT molecular complexity index is 924. The van der Waals surface area contributed by atoms with Gasteiger partial charge in [0.25, 0.3) is 5.56 Å². The molecule has 0 saturated carbocycles. The van der Waals surface area contributed by atoms with Gasteiger partial charge >= 0.3 is 0 Å². The van der Waals surface area contributed by atoms with E-state index in [-0.39, 0.29) is 36.3 Å². The first-order chi connectivity index (χ1) is 12.5. The molecule has 2 aliphatic rings. The zero-order valence-corrected chi connectivity index (χ0v) is 14.4. The molecule has 1 saturated heterocycles. The van der Waals surface area contributed by atoms with Crippen LogP contribution in [0.5, 0.6) is 0 Å². The quantitative estimate of drug-likeness (QED) is 0.859.